The first kappa shape index (κ1) is 30.1. The van der Waals surface area contributed by atoms with Crippen molar-refractivity contribution < 1.29 is 24.5 Å². The van der Waals surface area contributed by atoms with Crippen molar-refractivity contribution in [3.63, 3.8) is 0 Å². The van der Waals surface area contributed by atoms with E-state index in [-0.39, 0.29) is 11.5 Å². The van der Waals surface area contributed by atoms with E-state index in [2.05, 4.69) is 13.8 Å². The Labute approximate surface area is 208 Å². The molecule has 0 saturated heterocycles. The number of carbonyl (C=O) groups is 1. The van der Waals surface area contributed by atoms with Gasteiger partial charge in [0.05, 0.1) is 6.61 Å². The fourth-order valence-corrected chi connectivity index (χ4v) is 4.34. The quantitative estimate of drug-likeness (QED) is 0.0985. The van der Waals surface area contributed by atoms with E-state index in [9.17, 15) is 9.90 Å². The SMILES string of the molecule is CCCCCCCCCCCCCOc1c(CCCCCCCCC)ccc(OC(=O)O)c1O. The third-order valence-electron chi connectivity index (χ3n) is 6.42. The van der Waals surface area contributed by atoms with Crippen LogP contribution in [0.15, 0.2) is 12.1 Å². The molecule has 0 aliphatic rings. The first-order chi connectivity index (χ1) is 16.6. The number of benzene rings is 1. The van der Waals surface area contributed by atoms with Crippen molar-refractivity contribution in [3.8, 4) is 17.2 Å². The maximum atomic E-state index is 10.9. The fourth-order valence-electron chi connectivity index (χ4n) is 4.34. The molecule has 196 valence electrons. The van der Waals surface area contributed by atoms with Crippen LogP contribution in [0.2, 0.25) is 0 Å². The number of hydrogen-bond donors (Lipinski definition) is 2. The van der Waals surface area contributed by atoms with Gasteiger partial charge < -0.3 is 19.7 Å². The first-order valence-electron chi connectivity index (χ1n) is 14.0. The van der Waals surface area contributed by atoms with Gasteiger partial charge in [-0.2, -0.15) is 0 Å². The highest BCUT2D eigenvalue weighted by Gasteiger charge is 2.17. The average molecular weight is 479 g/mol. The Kier molecular flexibility index (Phi) is 18.1. The van der Waals surface area contributed by atoms with Gasteiger partial charge >= 0.3 is 6.16 Å². The van der Waals surface area contributed by atoms with Gasteiger partial charge in [-0.1, -0.05) is 123 Å². The maximum absolute atomic E-state index is 10.9. The highest BCUT2D eigenvalue weighted by molar-refractivity contribution is 5.65. The Morgan fingerprint density at radius 3 is 1.68 bits per heavy atom. The van der Waals surface area contributed by atoms with Gasteiger partial charge in [-0.15, -0.1) is 0 Å². The third-order valence-corrected chi connectivity index (χ3v) is 6.42. The predicted octanol–water partition coefficient (Wildman–Crippen LogP) is 9.43. The van der Waals surface area contributed by atoms with Crippen molar-refractivity contribution >= 4 is 6.16 Å². The van der Waals surface area contributed by atoms with Crippen LogP contribution in [0.3, 0.4) is 0 Å². The molecule has 0 saturated carbocycles. The Hall–Kier alpha value is -1.91. The average Bonchev–Trinajstić information content (AvgIpc) is 2.82. The number of ether oxygens (including phenoxy) is 2. The Morgan fingerprint density at radius 1 is 0.706 bits per heavy atom. The lowest BCUT2D eigenvalue weighted by molar-refractivity contribution is 0.142. The summed E-state index contributed by atoms with van der Waals surface area (Å²) >= 11 is 0. The number of phenols is 1. The molecular formula is C29H50O5. The van der Waals surface area contributed by atoms with E-state index in [0.717, 1.165) is 37.7 Å². The summed E-state index contributed by atoms with van der Waals surface area (Å²) in [4.78, 5) is 10.9. The molecule has 0 atom stereocenters. The monoisotopic (exact) mass is 478 g/mol. The number of phenolic OH excluding ortho intramolecular Hbond substituents is 1. The van der Waals surface area contributed by atoms with Crippen LogP contribution in [-0.4, -0.2) is 23.0 Å². The van der Waals surface area contributed by atoms with Crippen LogP contribution < -0.4 is 9.47 Å². The van der Waals surface area contributed by atoms with E-state index in [1.54, 1.807) is 0 Å². The van der Waals surface area contributed by atoms with Gasteiger partial charge in [0.2, 0.25) is 5.75 Å². The standard InChI is InChI=1S/C29H50O5/c1-3-5-7-9-11-12-13-14-16-18-20-24-33-28-25(21-19-17-15-10-8-6-4-2)22-23-26(27(28)30)34-29(31)32/h22-23,30H,3-21,24H2,1-2H3,(H,31,32). The highest BCUT2D eigenvalue weighted by Crippen LogP contribution is 2.40. The van der Waals surface area contributed by atoms with E-state index in [1.165, 1.54) is 96.0 Å². The summed E-state index contributed by atoms with van der Waals surface area (Å²) in [5.74, 6) is 0.118. The summed E-state index contributed by atoms with van der Waals surface area (Å²) < 4.78 is 10.7. The Morgan fingerprint density at radius 2 is 1.18 bits per heavy atom. The summed E-state index contributed by atoms with van der Waals surface area (Å²) in [7, 11) is 0. The second-order valence-electron chi connectivity index (χ2n) is 9.52. The van der Waals surface area contributed by atoms with Gasteiger partial charge in [0.1, 0.15) is 0 Å². The largest absolute Gasteiger partial charge is 0.511 e. The Bertz CT molecular complexity index is 644. The van der Waals surface area contributed by atoms with Crippen molar-refractivity contribution in [2.45, 2.75) is 136 Å². The van der Waals surface area contributed by atoms with Crippen LogP contribution in [0.5, 0.6) is 17.2 Å². The lowest BCUT2D eigenvalue weighted by Crippen LogP contribution is -2.06. The molecule has 0 aliphatic carbocycles. The summed E-state index contributed by atoms with van der Waals surface area (Å²) in [6.07, 6.45) is 21.8. The van der Waals surface area contributed by atoms with E-state index < -0.39 is 6.16 Å². The van der Waals surface area contributed by atoms with Gasteiger partial charge in [0, 0.05) is 0 Å². The van der Waals surface area contributed by atoms with Crippen molar-refractivity contribution in [2.75, 3.05) is 6.61 Å². The van der Waals surface area contributed by atoms with Gasteiger partial charge in [0.15, 0.2) is 11.5 Å². The molecule has 0 radical (unpaired) electrons. The minimum atomic E-state index is -1.44. The van der Waals surface area contributed by atoms with E-state index in [0.29, 0.717) is 12.4 Å². The fraction of sp³-hybridized carbons (Fsp3) is 0.759. The van der Waals surface area contributed by atoms with Crippen molar-refractivity contribution in [1.29, 1.82) is 0 Å². The Balaban J connectivity index is 2.39. The van der Waals surface area contributed by atoms with Crippen LogP contribution >= 0.6 is 0 Å². The minimum Gasteiger partial charge on any atom is -0.502 e. The molecule has 0 aliphatic heterocycles. The minimum absolute atomic E-state index is 0.0650. The number of aryl methyl sites for hydroxylation is 1. The van der Waals surface area contributed by atoms with Crippen LogP contribution in [0.25, 0.3) is 0 Å². The molecule has 2 N–H and O–H groups in total. The van der Waals surface area contributed by atoms with Crippen LogP contribution in [0.1, 0.15) is 135 Å². The third kappa shape index (κ3) is 14.4. The lowest BCUT2D eigenvalue weighted by Gasteiger charge is -2.15. The van der Waals surface area contributed by atoms with Crippen molar-refractivity contribution in [1.82, 2.24) is 0 Å². The van der Waals surface area contributed by atoms with Crippen molar-refractivity contribution in [3.05, 3.63) is 17.7 Å². The normalized spacial score (nSPS) is 11.0. The molecule has 0 spiro atoms. The molecule has 5 nitrogen and oxygen atoms in total. The number of unbranched alkanes of at least 4 members (excludes halogenated alkanes) is 16. The van der Waals surface area contributed by atoms with E-state index >= 15 is 0 Å². The van der Waals surface area contributed by atoms with Gasteiger partial charge in [-0.25, -0.2) is 4.79 Å². The number of rotatable bonds is 22. The number of aromatic hydroxyl groups is 1. The zero-order valence-corrected chi connectivity index (χ0v) is 21.9. The molecular weight excluding hydrogens is 428 g/mol. The molecule has 1 rings (SSSR count). The van der Waals surface area contributed by atoms with Crippen molar-refractivity contribution in [2.24, 2.45) is 0 Å². The molecule has 0 bridgehead atoms. The summed E-state index contributed by atoms with van der Waals surface area (Å²) in [5.41, 5.74) is 0.923. The zero-order valence-electron chi connectivity index (χ0n) is 21.9. The second kappa shape index (κ2) is 20.5. The predicted molar refractivity (Wildman–Crippen MR) is 140 cm³/mol. The summed E-state index contributed by atoms with van der Waals surface area (Å²) in [5, 5.41) is 19.5. The van der Waals surface area contributed by atoms with Crippen LogP contribution in [0.4, 0.5) is 4.79 Å². The topological polar surface area (TPSA) is 76.0 Å². The summed E-state index contributed by atoms with van der Waals surface area (Å²) in [6.45, 7) is 5.00. The highest BCUT2D eigenvalue weighted by atomic mass is 16.7. The molecule has 34 heavy (non-hydrogen) atoms. The molecule has 0 amide bonds. The van der Waals surface area contributed by atoms with E-state index in [4.69, 9.17) is 14.6 Å². The molecule has 0 unspecified atom stereocenters. The van der Waals surface area contributed by atoms with Crippen LogP contribution in [0, 0.1) is 0 Å². The molecule has 0 heterocycles. The van der Waals surface area contributed by atoms with Gasteiger partial charge in [-0.3, -0.25) is 0 Å². The molecule has 0 fully saturated rings. The molecule has 1 aromatic rings. The second-order valence-corrected chi connectivity index (χ2v) is 9.52. The lowest BCUT2D eigenvalue weighted by atomic mass is 10.0. The summed E-state index contributed by atoms with van der Waals surface area (Å²) in [6, 6.07) is 3.35. The number of carboxylic acid groups (broad SMARTS) is 1. The number of hydrogen-bond acceptors (Lipinski definition) is 4. The smallest absolute Gasteiger partial charge is 0.502 e. The van der Waals surface area contributed by atoms with Gasteiger partial charge in [-0.05, 0) is 30.9 Å². The molecule has 1 aromatic carbocycles. The maximum Gasteiger partial charge on any atom is 0.511 e. The zero-order chi connectivity index (χ0) is 24.9. The van der Waals surface area contributed by atoms with Crippen LogP contribution in [-0.2, 0) is 6.42 Å². The van der Waals surface area contributed by atoms with Gasteiger partial charge in [0.25, 0.3) is 0 Å². The first-order valence-corrected chi connectivity index (χ1v) is 14.0. The molecule has 0 aromatic heterocycles. The van der Waals surface area contributed by atoms with E-state index in [1.807, 2.05) is 6.07 Å². The molecule has 5 heteroatoms.